The average Bonchev–Trinajstić information content (AvgIpc) is 3.19. The Labute approximate surface area is 200 Å². The third-order valence-electron chi connectivity index (χ3n) is 5.02. The molecule has 1 atom stereocenters. The summed E-state index contributed by atoms with van der Waals surface area (Å²) >= 11 is 4.83. The molecule has 6 nitrogen and oxygen atoms in total. The Bertz CT molecular complexity index is 1100. The van der Waals surface area contributed by atoms with Crippen LogP contribution in [-0.4, -0.2) is 26.4 Å². The number of halogens is 2. The van der Waals surface area contributed by atoms with Crippen LogP contribution in [0.3, 0.4) is 0 Å². The van der Waals surface area contributed by atoms with Gasteiger partial charge in [-0.25, -0.2) is 4.39 Å². The highest BCUT2D eigenvalue weighted by Crippen LogP contribution is 2.29. The van der Waals surface area contributed by atoms with Gasteiger partial charge in [-0.3, -0.25) is 4.79 Å². The lowest BCUT2D eigenvalue weighted by atomic mass is 10.1. The zero-order valence-electron chi connectivity index (χ0n) is 18.6. The summed E-state index contributed by atoms with van der Waals surface area (Å²) in [6.45, 7) is 9.90. The molecule has 0 saturated heterocycles. The highest BCUT2D eigenvalue weighted by Gasteiger charge is 2.22. The third kappa shape index (κ3) is 5.69. The van der Waals surface area contributed by atoms with Crippen LogP contribution < -0.4 is 10.1 Å². The summed E-state index contributed by atoms with van der Waals surface area (Å²) in [5, 5.41) is 12.2. The first-order chi connectivity index (χ1) is 15.2. The molecule has 3 rings (SSSR count). The lowest BCUT2D eigenvalue weighted by Crippen LogP contribution is -2.17. The second-order valence-electron chi connectivity index (χ2n) is 7.70. The Kier molecular flexibility index (Phi) is 7.95. The van der Waals surface area contributed by atoms with Gasteiger partial charge in [0.15, 0.2) is 17.1 Å². The van der Waals surface area contributed by atoms with Gasteiger partial charge in [0.25, 0.3) is 0 Å². The quantitative estimate of drug-likeness (QED) is 0.355. The Morgan fingerprint density at radius 2 is 1.81 bits per heavy atom. The molecular formula is C23H26BrFN4O2S. The molecule has 1 amide bonds. The van der Waals surface area contributed by atoms with Gasteiger partial charge in [0, 0.05) is 16.2 Å². The zero-order chi connectivity index (χ0) is 23.4. The molecule has 2 aromatic carbocycles. The summed E-state index contributed by atoms with van der Waals surface area (Å²) < 4.78 is 22.0. The van der Waals surface area contributed by atoms with E-state index < -0.39 is 6.10 Å². The molecule has 0 saturated carbocycles. The number of aromatic nitrogens is 3. The van der Waals surface area contributed by atoms with Crippen molar-refractivity contribution >= 4 is 39.3 Å². The number of amides is 1. The van der Waals surface area contributed by atoms with Crippen molar-refractivity contribution in [3.05, 3.63) is 63.6 Å². The van der Waals surface area contributed by atoms with Crippen LogP contribution in [0.25, 0.3) is 0 Å². The molecule has 0 aliphatic heterocycles. The first-order valence-electron chi connectivity index (χ1n) is 10.2. The number of carbonyl (C=O) groups is 1. The molecule has 1 N–H and O–H groups in total. The van der Waals surface area contributed by atoms with E-state index in [1.54, 1.807) is 12.1 Å². The first-order valence-corrected chi connectivity index (χ1v) is 12.0. The Hall–Kier alpha value is -2.39. The molecule has 170 valence electrons. The number of hydrogen-bond donors (Lipinski definition) is 1. The SMILES string of the molecule is Cc1c(Br)ccc(NC(=O)CSc2nnc(C(C)Oc3ccc(F)cc3)n2C(C)C)c1C. The number of nitrogens with one attached hydrogen (secondary N) is 1. The Balaban J connectivity index is 1.69. The first kappa shape index (κ1) is 24.3. The van der Waals surface area contributed by atoms with E-state index in [9.17, 15) is 9.18 Å². The largest absolute Gasteiger partial charge is 0.483 e. The van der Waals surface area contributed by atoms with Crippen molar-refractivity contribution < 1.29 is 13.9 Å². The van der Waals surface area contributed by atoms with Crippen molar-refractivity contribution in [2.24, 2.45) is 0 Å². The summed E-state index contributed by atoms with van der Waals surface area (Å²) in [5.74, 6) is 0.959. The van der Waals surface area contributed by atoms with Gasteiger partial charge in [-0.1, -0.05) is 27.7 Å². The van der Waals surface area contributed by atoms with E-state index in [0.29, 0.717) is 16.7 Å². The van der Waals surface area contributed by atoms with Gasteiger partial charge in [-0.05, 0) is 82.1 Å². The van der Waals surface area contributed by atoms with E-state index in [1.807, 2.05) is 51.3 Å². The maximum absolute atomic E-state index is 13.1. The fourth-order valence-corrected chi connectivity index (χ4v) is 4.46. The van der Waals surface area contributed by atoms with Gasteiger partial charge in [0.2, 0.25) is 5.91 Å². The maximum Gasteiger partial charge on any atom is 0.234 e. The van der Waals surface area contributed by atoms with Crippen LogP contribution in [0.15, 0.2) is 46.0 Å². The molecule has 0 bridgehead atoms. The summed E-state index contributed by atoms with van der Waals surface area (Å²) in [6, 6.07) is 9.74. The predicted molar refractivity (Wildman–Crippen MR) is 129 cm³/mol. The molecule has 1 heterocycles. The fourth-order valence-electron chi connectivity index (χ4n) is 3.16. The average molecular weight is 521 g/mol. The third-order valence-corrected chi connectivity index (χ3v) is 6.83. The molecule has 1 unspecified atom stereocenters. The molecule has 3 aromatic rings. The molecule has 0 radical (unpaired) electrons. The van der Waals surface area contributed by atoms with Crippen LogP contribution in [0.4, 0.5) is 10.1 Å². The van der Waals surface area contributed by atoms with Gasteiger partial charge >= 0.3 is 0 Å². The number of hydrogen-bond acceptors (Lipinski definition) is 5. The molecule has 9 heteroatoms. The minimum atomic E-state index is -0.396. The van der Waals surface area contributed by atoms with Gasteiger partial charge in [-0.15, -0.1) is 10.2 Å². The number of ether oxygens (including phenoxy) is 1. The predicted octanol–water partition coefficient (Wildman–Crippen LogP) is 6.25. The Morgan fingerprint density at radius 1 is 1.12 bits per heavy atom. The van der Waals surface area contributed by atoms with Crippen LogP contribution in [0.1, 0.15) is 49.9 Å². The van der Waals surface area contributed by atoms with Gasteiger partial charge in [-0.2, -0.15) is 0 Å². The number of rotatable bonds is 8. The molecular weight excluding hydrogens is 495 g/mol. The van der Waals surface area contributed by atoms with E-state index >= 15 is 0 Å². The van der Waals surface area contributed by atoms with Crippen LogP contribution >= 0.6 is 27.7 Å². The molecule has 0 fully saturated rings. The summed E-state index contributed by atoms with van der Waals surface area (Å²) in [6.07, 6.45) is -0.396. The van der Waals surface area contributed by atoms with Crippen molar-refractivity contribution in [1.82, 2.24) is 14.8 Å². The van der Waals surface area contributed by atoms with Gasteiger partial charge in [0.1, 0.15) is 11.6 Å². The van der Waals surface area contributed by atoms with E-state index in [-0.39, 0.29) is 23.5 Å². The van der Waals surface area contributed by atoms with Crippen molar-refractivity contribution in [1.29, 1.82) is 0 Å². The zero-order valence-corrected chi connectivity index (χ0v) is 21.1. The van der Waals surface area contributed by atoms with E-state index in [0.717, 1.165) is 21.3 Å². The maximum atomic E-state index is 13.1. The number of anilines is 1. The molecule has 0 aliphatic rings. The van der Waals surface area contributed by atoms with Gasteiger partial charge in [0.05, 0.1) is 5.75 Å². The van der Waals surface area contributed by atoms with Crippen molar-refractivity contribution in [3.63, 3.8) is 0 Å². The van der Waals surface area contributed by atoms with Crippen molar-refractivity contribution in [3.8, 4) is 5.75 Å². The highest BCUT2D eigenvalue weighted by atomic mass is 79.9. The monoisotopic (exact) mass is 520 g/mol. The fraction of sp³-hybridized carbons (Fsp3) is 0.348. The standard InChI is InChI=1S/C23H26BrFN4O2S/c1-13(2)29-22(16(5)31-18-8-6-17(25)7-9-18)27-28-23(29)32-12-21(30)26-20-11-10-19(24)14(3)15(20)4/h6-11,13,16H,12H2,1-5H3,(H,26,30). The van der Waals surface area contributed by atoms with Crippen LogP contribution in [0.5, 0.6) is 5.75 Å². The van der Waals surface area contributed by atoms with Crippen LogP contribution in [0.2, 0.25) is 0 Å². The van der Waals surface area contributed by atoms with E-state index in [2.05, 4.69) is 31.4 Å². The van der Waals surface area contributed by atoms with Gasteiger partial charge < -0.3 is 14.6 Å². The number of carbonyl (C=O) groups excluding carboxylic acids is 1. The summed E-state index contributed by atoms with van der Waals surface area (Å²) in [4.78, 5) is 12.6. The lowest BCUT2D eigenvalue weighted by molar-refractivity contribution is -0.113. The van der Waals surface area contributed by atoms with E-state index in [4.69, 9.17) is 4.74 Å². The second kappa shape index (κ2) is 10.5. The van der Waals surface area contributed by atoms with Crippen molar-refractivity contribution in [2.75, 3.05) is 11.1 Å². The number of benzene rings is 2. The molecule has 0 spiro atoms. The van der Waals surface area contributed by atoms with Crippen molar-refractivity contribution in [2.45, 2.75) is 51.9 Å². The summed E-state index contributed by atoms with van der Waals surface area (Å²) in [7, 11) is 0. The second-order valence-corrected chi connectivity index (χ2v) is 9.50. The normalized spacial score (nSPS) is 12.1. The molecule has 1 aromatic heterocycles. The minimum Gasteiger partial charge on any atom is -0.483 e. The Morgan fingerprint density at radius 3 is 2.47 bits per heavy atom. The lowest BCUT2D eigenvalue weighted by Gasteiger charge is -2.19. The highest BCUT2D eigenvalue weighted by molar-refractivity contribution is 9.10. The smallest absolute Gasteiger partial charge is 0.234 e. The van der Waals surface area contributed by atoms with E-state index in [1.165, 1.54) is 23.9 Å². The molecule has 32 heavy (non-hydrogen) atoms. The molecule has 0 aliphatic carbocycles. The number of thioether (sulfide) groups is 1. The number of nitrogens with zero attached hydrogens (tertiary/aromatic N) is 3. The topological polar surface area (TPSA) is 69.0 Å². The minimum absolute atomic E-state index is 0.0706. The van der Waals surface area contributed by atoms with Crippen LogP contribution in [0, 0.1) is 19.7 Å². The van der Waals surface area contributed by atoms with Crippen LogP contribution in [-0.2, 0) is 4.79 Å². The summed E-state index contributed by atoms with van der Waals surface area (Å²) in [5.41, 5.74) is 2.91.